The topological polar surface area (TPSA) is 17.1 Å². The van der Waals surface area contributed by atoms with Gasteiger partial charge in [-0.3, -0.25) is 0 Å². The van der Waals surface area contributed by atoms with Crippen molar-refractivity contribution in [2.24, 2.45) is 0 Å². The van der Waals surface area contributed by atoms with Crippen molar-refractivity contribution in [3.05, 3.63) is 0 Å². The molecule has 0 unspecified atom stereocenters. The fraction of sp³-hybridized carbons (Fsp3) is 0. The molecule has 0 atom stereocenters. The van der Waals surface area contributed by atoms with E-state index >= 15 is 0 Å². The Bertz CT molecular complexity index is 15.5. The van der Waals surface area contributed by atoms with Crippen LogP contribution in [0.1, 0.15) is 0 Å². The first-order valence-corrected chi connectivity index (χ1v) is 0.595. The minimum absolute atomic E-state index is 0. The van der Waals surface area contributed by atoms with Gasteiger partial charge in [0.1, 0.15) is 0 Å². The van der Waals surface area contributed by atoms with Gasteiger partial charge in [0.15, 0.2) is 0 Å². The summed E-state index contributed by atoms with van der Waals surface area (Å²) >= 11 is 2.00. The molecule has 0 saturated carbocycles. The number of rotatable bonds is 0. The van der Waals surface area contributed by atoms with E-state index in [1.807, 2.05) is 15.9 Å². The minimum atomic E-state index is 0. The second-order valence-corrected chi connectivity index (χ2v) is 0. The van der Waals surface area contributed by atoms with Crippen molar-refractivity contribution in [3.8, 4) is 0 Å². The monoisotopic (exact) mass is 204 g/mol. The molecule has 6 heteroatoms. The molecule has 0 N–H and O–H groups in total. The Kier molecular flexibility index (Phi) is 165. The molecule has 0 aromatic rings. The molecular weight excluding hydrogens is 198 g/mol. The van der Waals surface area contributed by atoms with Crippen molar-refractivity contribution in [3.63, 3.8) is 0 Å². The number of hydrogen-bond donors (Lipinski definition) is 0. The van der Waals surface area contributed by atoms with Gasteiger partial charge in [0.25, 0.3) is 0 Å². The molecule has 0 aliphatic carbocycles. The summed E-state index contributed by atoms with van der Waals surface area (Å²) in [6.45, 7) is 0. The Morgan fingerprint density at radius 2 is 1.17 bits per heavy atom. The molecule has 6 heavy (non-hydrogen) atoms. The zero-order chi connectivity index (χ0) is 2.00. The SMILES string of the molecule is [CaH2].[KH].[MgH2].[NaH].[O]=[Fe]. The van der Waals surface area contributed by atoms with Gasteiger partial charge < -0.3 is 0 Å². The quantitative estimate of drug-likeness (QED) is 0.379. The van der Waals surface area contributed by atoms with Crippen LogP contribution in [0.15, 0.2) is 0 Å². The summed E-state index contributed by atoms with van der Waals surface area (Å²) in [5.74, 6) is 0. The second-order valence-electron chi connectivity index (χ2n) is 0. The Hall–Kier alpha value is 4.98. The van der Waals surface area contributed by atoms with Crippen molar-refractivity contribution >= 4 is 142 Å². The molecule has 0 fully saturated rings. The molecule has 0 heterocycles. The zero-order valence-corrected chi connectivity index (χ0v) is 1.87. The van der Waals surface area contributed by atoms with Gasteiger partial charge in [-0.05, 0) is 0 Å². The van der Waals surface area contributed by atoms with E-state index in [1.165, 1.54) is 0 Å². The van der Waals surface area contributed by atoms with Crippen LogP contribution < -0.4 is 0 Å². The first-order valence-electron chi connectivity index (χ1n) is 0.144. The van der Waals surface area contributed by atoms with Gasteiger partial charge in [-0.25, -0.2) is 0 Å². The van der Waals surface area contributed by atoms with Crippen LogP contribution in [0, 0.1) is 0 Å². The maximum absolute atomic E-state index is 8.00. The molecule has 0 aromatic heterocycles. The molecule has 0 rings (SSSR count). The van der Waals surface area contributed by atoms with E-state index in [0.717, 1.165) is 0 Å². The summed E-state index contributed by atoms with van der Waals surface area (Å²) in [4.78, 5) is 0. The van der Waals surface area contributed by atoms with Gasteiger partial charge in [-0.1, -0.05) is 0 Å². The molecule has 0 saturated heterocycles. The molecule has 0 bridgehead atoms. The molecule has 0 radical (unpaired) electrons. The van der Waals surface area contributed by atoms with Gasteiger partial charge in [0.2, 0.25) is 0 Å². The molecule has 0 aliphatic heterocycles. The Labute approximate surface area is 156 Å². The summed E-state index contributed by atoms with van der Waals surface area (Å²) < 4.78 is 8.00. The molecule has 1 nitrogen and oxygen atoms in total. The summed E-state index contributed by atoms with van der Waals surface area (Å²) in [5.41, 5.74) is 0. The van der Waals surface area contributed by atoms with Crippen molar-refractivity contribution in [1.82, 2.24) is 0 Å². The molecular formula is H6CaFeKMgNaO. The summed E-state index contributed by atoms with van der Waals surface area (Å²) in [6, 6.07) is 0. The van der Waals surface area contributed by atoms with E-state index in [2.05, 4.69) is 0 Å². The molecule has 0 spiro atoms. The molecule has 0 aliphatic rings. The van der Waals surface area contributed by atoms with E-state index in [4.69, 9.17) is 3.83 Å². The standard InChI is InChI=1S/Ca.Fe.K.Mg.Na.O.6H. The van der Waals surface area contributed by atoms with Crippen LogP contribution in [0.4, 0.5) is 0 Å². The second kappa shape index (κ2) is 32.4. The average Bonchev–Trinajstić information content (AvgIpc) is 1.00. The Balaban J connectivity index is -0.000000000833. The summed E-state index contributed by atoms with van der Waals surface area (Å²) in [7, 11) is 0. The third-order valence-electron chi connectivity index (χ3n) is 0. The van der Waals surface area contributed by atoms with Crippen LogP contribution in [0.25, 0.3) is 0 Å². The van der Waals surface area contributed by atoms with Crippen molar-refractivity contribution < 1.29 is 19.8 Å². The van der Waals surface area contributed by atoms with Crippen LogP contribution in [-0.4, -0.2) is 142 Å². The van der Waals surface area contributed by atoms with Crippen LogP contribution in [0.5, 0.6) is 0 Å². The predicted molar refractivity (Wildman–Crippen MR) is 32.1 cm³/mol. The Morgan fingerprint density at radius 3 is 1.17 bits per heavy atom. The molecule has 26 valence electrons. The van der Waals surface area contributed by atoms with E-state index < -0.39 is 0 Å². The third-order valence-corrected chi connectivity index (χ3v) is 0. The predicted octanol–water partition coefficient (Wildman–Crippen LogP) is -3.25. The van der Waals surface area contributed by atoms with Crippen LogP contribution in [0.2, 0.25) is 0 Å². The van der Waals surface area contributed by atoms with Crippen molar-refractivity contribution in [1.29, 1.82) is 0 Å². The Morgan fingerprint density at radius 1 is 1.17 bits per heavy atom. The third kappa shape index (κ3) is 23.1. The summed E-state index contributed by atoms with van der Waals surface area (Å²) in [6.07, 6.45) is 0. The zero-order valence-electron chi connectivity index (χ0n) is 0.762. The fourth-order valence-corrected chi connectivity index (χ4v) is 0. The van der Waals surface area contributed by atoms with Gasteiger partial charge >= 0.3 is 162 Å². The van der Waals surface area contributed by atoms with Crippen LogP contribution >= 0.6 is 0 Å². The van der Waals surface area contributed by atoms with E-state index in [1.54, 1.807) is 0 Å². The average molecular weight is 204 g/mol. The van der Waals surface area contributed by atoms with E-state index in [9.17, 15) is 0 Å². The van der Waals surface area contributed by atoms with Gasteiger partial charge in [-0.15, -0.1) is 0 Å². The first kappa shape index (κ1) is 30.6. The number of hydrogen-bond acceptors (Lipinski definition) is 1. The van der Waals surface area contributed by atoms with Gasteiger partial charge in [-0.2, -0.15) is 0 Å². The molecule has 0 amide bonds. The van der Waals surface area contributed by atoms with E-state index in [0.29, 0.717) is 0 Å². The molecule has 0 aromatic carbocycles. The van der Waals surface area contributed by atoms with Crippen molar-refractivity contribution in [2.45, 2.75) is 0 Å². The van der Waals surface area contributed by atoms with Gasteiger partial charge in [0, 0.05) is 0 Å². The normalized spacial score (nSPS) is 0.833. The van der Waals surface area contributed by atoms with Crippen LogP contribution in [0.3, 0.4) is 0 Å². The summed E-state index contributed by atoms with van der Waals surface area (Å²) in [5, 5.41) is 0. The van der Waals surface area contributed by atoms with Crippen LogP contribution in [-0.2, 0) is 19.8 Å². The van der Waals surface area contributed by atoms with Crippen molar-refractivity contribution in [2.75, 3.05) is 0 Å². The first-order chi connectivity index (χ1) is 1.00. The fourth-order valence-electron chi connectivity index (χ4n) is 0. The van der Waals surface area contributed by atoms with Gasteiger partial charge in [0.05, 0.1) is 0 Å². The van der Waals surface area contributed by atoms with E-state index in [-0.39, 0.29) is 142 Å². The maximum atomic E-state index is 8.00.